The Bertz CT molecular complexity index is 649. The molecule has 0 aliphatic heterocycles. The lowest BCUT2D eigenvalue weighted by molar-refractivity contribution is 0.100. The molecule has 2 aromatic rings. The van der Waals surface area contributed by atoms with Crippen molar-refractivity contribution in [3.63, 3.8) is 0 Å². The predicted molar refractivity (Wildman–Crippen MR) is 78.4 cm³/mol. The van der Waals surface area contributed by atoms with Crippen molar-refractivity contribution in [2.75, 3.05) is 0 Å². The van der Waals surface area contributed by atoms with E-state index in [1.807, 2.05) is 49.4 Å². The molecule has 0 saturated heterocycles. The van der Waals surface area contributed by atoms with Gasteiger partial charge in [0.05, 0.1) is 4.83 Å². The van der Waals surface area contributed by atoms with E-state index in [1.54, 1.807) is 0 Å². The van der Waals surface area contributed by atoms with Crippen LogP contribution >= 0.6 is 15.9 Å². The predicted octanol–water partition coefficient (Wildman–Crippen LogP) is 4.29. The topological polar surface area (TPSA) is 26.3 Å². The van der Waals surface area contributed by atoms with Gasteiger partial charge in [-0.3, -0.25) is 4.79 Å². The zero-order valence-electron chi connectivity index (χ0n) is 10.5. The summed E-state index contributed by atoms with van der Waals surface area (Å²) >= 11 is 3.40. The summed E-state index contributed by atoms with van der Waals surface area (Å²) in [5.41, 5.74) is 3.02. The SMILES string of the molecule is Cc1cccc(Oc2ccc3c(c2)CC(Br)C3=O)c1. The molecule has 0 spiro atoms. The molecule has 0 aromatic heterocycles. The first-order valence-electron chi connectivity index (χ1n) is 6.19. The Labute approximate surface area is 120 Å². The van der Waals surface area contributed by atoms with Crippen LogP contribution in [0.4, 0.5) is 0 Å². The minimum absolute atomic E-state index is 0.0864. The number of ketones is 1. The Hall–Kier alpha value is -1.61. The maximum absolute atomic E-state index is 11.8. The molecule has 1 unspecified atom stereocenters. The van der Waals surface area contributed by atoms with Crippen LogP contribution in [0.5, 0.6) is 11.5 Å². The maximum Gasteiger partial charge on any atom is 0.177 e. The second kappa shape index (κ2) is 4.82. The van der Waals surface area contributed by atoms with Crippen molar-refractivity contribution in [3.05, 3.63) is 59.2 Å². The number of ether oxygens (including phenoxy) is 1. The standard InChI is InChI=1S/C16H13BrO2/c1-10-3-2-4-12(7-10)19-13-5-6-14-11(8-13)9-15(17)16(14)18/h2-8,15H,9H2,1H3. The number of fused-ring (bicyclic) bond motifs is 1. The molecule has 0 saturated carbocycles. The monoisotopic (exact) mass is 316 g/mol. The number of benzene rings is 2. The highest BCUT2D eigenvalue weighted by atomic mass is 79.9. The molecular formula is C16H13BrO2. The molecule has 0 bridgehead atoms. The van der Waals surface area contributed by atoms with E-state index in [2.05, 4.69) is 15.9 Å². The zero-order valence-corrected chi connectivity index (χ0v) is 12.1. The number of hydrogen-bond acceptors (Lipinski definition) is 2. The molecule has 3 heteroatoms. The van der Waals surface area contributed by atoms with Crippen molar-refractivity contribution in [2.24, 2.45) is 0 Å². The van der Waals surface area contributed by atoms with Gasteiger partial charge >= 0.3 is 0 Å². The van der Waals surface area contributed by atoms with Gasteiger partial charge in [-0.2, -0.15) is 0 Å². The molecule has 19 heavy (non-hydrogen) atoms. The number of halogens is 1. The highest BCUT2D eigenvalue weighted by molar-refractivity contribution is 9.10. The first-order valence-corrected chi connectivity index (χ1v) is 7.11. The third kappa shape index (κ3) is 2.43. The quantitative estimate of drug-likeness (QED) is 0.772. The molecular weight excluding hydrogens is 304 g/mol. The van der Waals surface area contributed by atoms with E-state index < -0.39 is 0 Å². The van der Waals surface area contributed by atoms with Crippen molar-refractivity contribution >= 4 is 21.7 Å². The minimum Gasteiger partial charge on any atom is -0.457 e. The van der Waals surface area contributed by atoms with E-state index in [4.69, 9.17) is 4.74 Å². The van der Waals surface area contributed by atoms with Crippen molar-refractivity contribution < 1.29 is 9.53 Å². The summed E-state index contributed by atoms with van der Waals surface area (Å²) in [7, 11) is 0. The van der Waals surface area contributed by atoms with Crippen molar-refractivity contribution in [2.45, 2.75) is 18.2 Å². The van der Waals surface area contributed by atoms with Gasteiger partial charge in [-0.15, -0.1) is 0 Å². The lowest BCUT2D eigenvalue weighted by atomic mass is 10.1. The fourth-order valence-corrected chi connectivity index (χ4v) is 2.91. The average molecular weight is 317 g/mol. The van der Waals surface area contributed by atoms with E-state index in [0.717, 1.165) is 34.6 Å². The Balaban J connectivity index is 1.88. The molecule has 0 fully saturated rings. The van der Waals surface area contributed by atoms with Crippen LogP contribution in [0.2, 0.25) is 0 Å². The van der Waals surface area contributed by atoms with Crippen LogP contribution in [0, 0.1) is 6.92 Å². The highest BCUT2D eigenvalue weighted by Gasteiger charge is 2.28. The number of hydrogen-bond donors (Lipinski definition) is 0. The van der Waals surface area contributed by atoms with Gasteiger partial charge in [-0.1, -0.05) is 28.1 Å². The van der Waals surface area contributed by atoms with E-state index in [1.165, 1.54) is 0 Å². The summed E-state index contributed by atoms with van der Waals surface area (Å²) in [5.74, 6) is 1.76. The molecule has 1 atom stereocenters. The summed E-state index contributed by atoms with van der Waals surface area (Å²) in [5, 5.41) is 0. The second-order valence-corrected chi connectivity index (χ2v) is 5.88. The van der Waals surface area contributed by atoms with E-state index in [0.29, 0.717) is 0 Å². The van der Waals surface area contributed by atoms with Crippen LogP contribution < -0.4 is 4.74 Å². The van der Waals surface area contributed by atoms with Gasteiger partial charge in [0.1, 0.15) is 11.5 Å². The van der Waals surface area contributed by atoms with Gasteiger partial charge in [0.15, 0.2) is 5.78 Å². The van der Waals surface area contributed by atoms with Crippen molar-refractivity contribution in [3.8, 4) is 11.5 Å². The number of carbonyl (C=O) groups is 1. The molecule has 2 aromatic carbocycles. The number of Topliss-reactive ketones (excluding diaryl/α,β-unsaturated/α-hetero) is 1. The molecule has 0 N–H and O–H groups in total. The zero-order chi connectivity index (χ0) is 13.4. The summed E-state index contributed by atoms with van der Waals surface area (Å²) in [6.45, 7) is 2.03. The summed E-state index contributed by atoms with van der Waals surface area (Å²) in [6.07, 6.45) is 0.735. The molecule has 1 aliphatic rings. The summed E-state index contributed by atoms with van der Waals surface area (Å²) in [4.78, 5) is 11.7. The van der Waals surface area contributed by atoms with Gasteiger partial charge in [-0.05, 0) is 54.8 Å². The third-order valence-electron chi connectivity index (χ3n) is 3.25. The normalized spacial score (nSPS) is 17.4. The molecule has 96 valence electrons. The Morgan fingerprint density at radius 1 is 1.16 bits per heavy atom. The van der Waals surface area contributed by atoms with E-state index >= 15 is 0 Å². The molecule has 1 aliphatic carbocycles. The first-order chi connectivity index (χ1) is 9.13. The lowest BCUT2D eigenvalue weighted by Gasteiger charge is -2.07. The van der Waals surface area contributed by atoms with Crippen molar-refractivity contribution in [1.29, 1.82) is 0 Å². The molecule has 3 rings (SSSR count). The number of alkyl halides is 1. The van der Waals surface area contributed by atoms with E-state index in [-0.39, 0.29) is 10.6 Å². The summed E-state index contributed by atoms with van der Waals surface area (Å²) < 4.78 is 5.83. The Morgan fingerprint density at radius 3 is 2.74 bits per heavy atom. The molecule has 0 radical (unpaired) electrons. The number of aryl methyl sites for hydroxylation is 1. The van der Waals surface area contributed by atoms with Gasteiger partial charge in [-0.25, -0.2) is 0 Å². The molecule has 2 nitrogen and oxygen atoms in total. The maximum atomic E-state index is 11.8. The van der Waals surface area contributed by atoms with Gasteiger partial charge in [0.2, 0.25) is 0 Å². The smallest absolute Gasteiger partial charge is 0.177 e. The highest BCUT2D eigenvalue weighted by Crippen LogP contribution is 2.31. The van der Waals surface area contributed by atoms with Crippen LogP contribution in [-0.4, -0.2) is 10.6 Å². The Kier molecular flexibility index (Phi) is 3.15. The van der Waals surface area contributed by atoms with Crippen LogP contribution in [0.1, 0.15) is 21.5 Å². The van der Waals surface area contributed by atoms with Gasteiger partial charge < -0.3 is 4.74 Å². The van der Waals surface area contributed by atoms with E-state index in [9.17, 15) is 4.79 Å². The summed E-state index contributed by atoms with van der Waals surface area (Å²) in [6, 6.07) is 13.6. The average Bonchev–Trinajstić information content (AvgIpc) is 2.65. The molecule has 0 heterocycles. The second-order valence-electron chi connectivity index (χ2n) is 4.77. The van der Waals surface area contributed by atoms with Gasteiger partial charge in [0.25, 0.3) is 0 Å². The third-order valence-corrected chi connectivity index (χ3v) is 3.99. The van der Waals surface area contributed by atoms with Crippen LogP contribution in [0.15, 0.2) is 42.5 Å². The van der Waals surface area contributed by atoms with Crippen LogP contribution in [0.3, 0.4) is 0 Å². The van der Waals surface area contributed by atoms with Gasteiger partial charge in [0, 0.05) is 5.56 Å². The largest absolute Gasteiger partial charge is 0.457 e. The van der Waals surface area contributed by atoms with Crippen molar-refractivity contribution in [1.82, 2.24) is 0 Å². The fraction of sp³-hybridized carbons (Fsp3) is 0.188. The number of carbonyl (C=O) groups excluding carboxylic acids is 1. The lowest BCUT2D eigenvalue weighted by Crippen LogP contribution is -2.05. The van der Waals surface area contributed by atoms with Crippen LogP contribution in [-0.2, 0) is 6.42 Å². The number of rotatable bonds is 2. The van der Waals surface area contributed by atoms with Crippen LogP contribution in [0.25, 0.3) is 0 Å². The fourth-order valence-electron chi connectivity index (χ4n) is 2.31. The first kappa shape index (κ1) is 12.4. The molecule has 0 amide bonds. The Morgan fingerprint density at radius 2 is 1.95 bits per heavy atom. The minimum atomic E-state index is -0.0864.